The van der Waals surface area contributed by atoms with Crippen molar-refractivity contribution in [1.29, 1.82) is 0 Å². The second-order valence-corrected chi connectivity index (χ2v) is 9.07. The number of rotatable bonds is 9. The summed E-state index contributed by atoms with van der Waals surface area (Å²) in [6, 6.07) is 15.4. The van der Waals surface area contributed by atoms with E-state index in [1.165, 1.54) is 29.5 Å². The van der Waals surface area contributed by atoms with E-state index in [2.05, 4.69) is 15.5 Å². The molecule has 12 heteroatoms. The lowest BCUT2D eigenvalue weighted by Gasteiger charge is -2.11. The zero-order valence-electron chi connectivity index (χ0n) is 19.2. The Balaban J connectivity index is 1.45. The number of nitrogens with zero attached hydrogens (tertiary/aromatic N) is 3. The van der Waals surface area contributed by atoms with Crippen LogP contribution in [0.25, 0.3) is 11.3 Å². The lowest BCUT2D eigenvalue weighted by molar-refractivity contribution is -0.384. The number of carbonyl (C=O) groups excluding carboxylic acids is 1. The molecule has 0 saturated carbocycles. The van der Waals surface area contributed by atoms with Gasteiger partial charge in [-0.3, -0.25) is 15.5 Å². The van der Waals surface area contributed by atoms with Gasteiger partial charge < -0.3 is 9.47 Å². The lowest BCUT2D eigenvalue weighted by atomic mass is 10.2. The maximum Gasteiger partial charge on any atom is 0.343 e. The molecule has 0 spiro atoms. The highest BCUT2D eigenvalue weighted by Gasteiger charge is 2.16. The van der Waals surface area contributed by atoms with Crippen molar-refractivity contribution in [3.63, 3.8) is 0 Å². The summed E-state index contributed by atoms with van der Waals surface area (Å²) < 4.78 is 11.0. The maximum absolute atomic E-state index is 12.5. The molecular formula is C25H18Cl2N4O5S. The van der Waals surface area contributed by atoms with E-state index >= 15 is 0 Å². The summed E-state index contributed by atoms with van der Waals surface area (Å²) in [7, 11) is 0. The molecule has 0 aliphatic heterocycles. The molecule has 0 bridgehead atoms. The maximum atomic E-state index is 12.5. The number of halogens is 2. The van der Waals surface area contributed by atoms with Crippen molar-refractivity contribution in [1.82, 2.24) is 4.98 Å². The zero-order valence-corrected chi connectivity index (χ0v) is 21.5. The Hall–Kier alpha value is -3.99. The summed E-state index contributed by atoms with van der Waals surface area (Å²) in [5.74, 6) is -0.250. The average molecular weight is 557 g/mol. The molecule has 0 saturated heterocycles. The molecule has 0 aliphatic carbocycles. The molecule has 3 aromatic carbocycles. The van der Waals surface area contributed by atoms with Gasteiger partial charge in [0, 0.05) is 28.1 Å². The second-order valence-electron chi connectivity index (χ2n) is 7.37. The van der Waals surface area contributed by atoms with E-state index in [1.54, 1.807) is 49.5 Å². The highest BCUT2D eigenvalue weighted by Crippen LogP contribution is 2.32. The number of carbonyl (C=O) groups is 1. The van der Waals surface area contributed by atoms with E-state index in [9.17, 15) is 14.9 Å². The Kier molecular flexibility index (Phi) is 8.34. The molecule has 1 N–H and O–H groups in total. The molecule has 1 aromatic heterocycles. The van der Waals surface area contributed by atoms with Gasteiger partial charge in [0.1, 0.15) is 0 Å². The number of hydrogen-bond donors (Lipinski definition) is 1. The summed E-state index contributed by atoms with van der Waals surface area (Å²) in [4.78, 5) is 27.4. The van der Waals surface area contributed by atoms with E-state index < -0.39 is 10.9 Å². The van der Waals surface area contributed by atoms with Crippen molar-refractivity contribution < 1.29 is 19.2 Å². The third-order valence-electron chi connectivity index (χ3n) is 4.85. The largest absolute Gasteiger partial charge is 0.490 e. The normalized spacial score (nSPS) is 10.9. The molecule has 0 unspecified atom stereocenters. The molecule has 4 rings (SSSR count). The average Bonchev–Trinajstić information content (AvgIpc) is 3.34. The van der Waals surface area contributed by atoms with Gasteiger partial charge in [-0.1, -0.05) is 29.3 Å². The molecule has 0 aliphatic rings. The van der Waals surface area contributed by atoms with Crippen molar-refractivity contribution in [3.8, 4) is 22.8 Å². The van der Waals surface area contributed by atoms with Gasteiger partial charge in [-0.15, -0.1) is 11.3 Å². The minimum atomic E-state index is -0.742. The van der Waals surface area contributed by atoms with Gasteiger partial charge in [0.15, 0.2) is 11.5 Å². The van der Waals surface area contributed by atoms with Crippen LogP contribution in [0, 0.1) is 10.1 Å². The van der Waals surface area contributed by atoms with E-state index in [-0.39, 0.29) is 17.0 Å². The van der Waals surface area contributed by atoms with Crippen LogP contribution >= 0.6 is 34.5 Å². The molecule has 0 fully saturated rings. The first-order valence-electron chi connectivity index (χ1n) is 10.8. The number of non-ortho nitro benzene ring substituents is 1. The molecule has 4 aromatic rings. The Morgan fingerprint density at radius 3 is 2.76 bits per heavy atom. The minimum Gasteiger partial charge on any atom is -0.490 e. The first kappa shape index (κ1) is 26.1. The van der Waals surface area contributed by atoms with E-state index in [4.69, 9.17) is 32.7 Å². The number of hydrazone groups is 1. The van der Waals surface area contributed by atoms with E-state index in [0.29, 0.717) is 38.8 Å². The number of nitro groups is 1. The Bertz CT molecular complexity index is 1490. The number of nitro benzene ring substituents is 1. The standard InChI is InChI=1S/C25H18Cl2N4O5S/c1-2-35-23-10-15(6-9-22(23)36-24(32)16-4-3-5-18(11-16)31(33)34)13-28-30-25-29-21(14-37-25)19-8-7-17(26)12-20(19)27/h3-14H,2H2,1H3,(H,29,30). The Morgan fingerprint density at radius 1 is 1.16 bits per heavy atom. The summed E-state index contributed by atoms with van der Waals surface area (Å²) in [6.07, 6.45) is 1.56. The van der Waals surface area contributed by atoms with Crippen LogP contribution in [-0.4, -0.2) is 28.7 Å². The fourth-order valence-corrected chi connectivity index (χ4v) is 4.34. The summed E-state index contributed by atoms with van der Waals surface area (Å²) in [5.41, 5.74) is 4.84. The number of esters is 1. The van der Waals surface area contributed by atoms with Crippen molar-refractivity contribution in [3.05, 3.63) is 97.3 Å². The lowest BCUT2D eigenvalue weighted by Crippen LogP contribution is -2.10. The smallest absolute Gasteiger partial charge is 0.343 e. The van der Waals surface area contributed by atoms with Crippen LogP contribution in [0.2, 0.25) is 10.0 Å². The topological polar surface area (TPSA) is 116 Å². The Morgan fingerprint density at radius 2 is 2.00 bits per heavy atom. The van der Waals surface area contributed by atoms with Gasteiger partial charge in [-0.05, 0) is 55.0 Å². The van der Waals surface area contributed by atoms with Gasteiger partial charge in [0.2, 0.25) is 5.13 Å². The first-order chi connectivity index (χ1) is 17.8. The number of hydrogen-bond acceptors (Lipinski definition) is 9. The molecular weight excluding hydrogens is 539 g/mol. The molecule has 0 amide bonds. The van der Waals surface area contributed by atoms with Crippen LogP contribution in [0.3, 0.4) is 0 Å². The molecule has 0 atom stereocenters. The van der Waals surface area contributed by atoms with Gasteiger partial charge in [-0.2, -0.15) is 5.10 Å². The van der Waals surface area contributed by atoms with Gasteiger partial charge in [0.25, 0.3) is 5.69 Å². The highest BCUT2D eigenvalue weighted by molar-refractivity contribution is 7.14. The molecule has 1 heterocycles. The Labute approximate surface area is 225 Å². The van der Waals surface area contributed by atoms with Gasteiger partial charge >= 0.3 is 5.97 Å². The third-order valence-corrected chi connectivity index (χ3v) is 6.14. The predicted molar refractivity (Wildman–Crippen MR) is 144 cm³/mol. The first-order valence-corrected chi connectivity index (χ1v) is 12.4. The number of aromatic nitrogens is 1. The monoisotopic (exact) mass is 556 g/mol. The summed E-state index contributed by atoms with van der Waals surface area (Å²) in [5, 5.41) is 18.7. The fourth-order valence-electron chi connectivity index (χ4n) is 3.17. The molecule has 0 radical (unpaired) electrons. The summed E-state index contributed by atoms with van der Waals surface area (Å²) in [6.45, 7) is 2.12. The van der Waals surface area contributed by atoms with Crippen LogP contribution in [0.5, 0.6) is 11.5 Å². The summed E-state index contributed by atoms with van der Waals surface area (Å²) >= 11 is 13.6. The minimum absolute atomic E-state index is 0.0502. The zero-order chi connectivity index (χ0) is 26.4. The van der Waals surface area contributed by atoms with Crippen molar-refractivity contribution in [2.45, 2.75) is 6.92 Å². The van der Waals surface area contributed by atoms with Crippen LogP contribution in [0.15, 0.2) is 71.1 Å². The third kappa shape index (κ3) is 6.62. The number of thiazole rings is 1. The highest BCUT2D eigenvalue weighted by atomic mass is 35.5. The van der Waals surface area contributed by atoms with Crippen LogP contribution in [-0.2, 0) is 0 Å². The van der Waals surface area contributed by atoms with E-state index in [1.807, 2.05) is 5.38 Å². The fraction of sp³-hybridized carbons (Fsp3) is 0.0800. The van der Waals surface area contributed by atoms with Crippen molar-refractivity contribution in [2.75, 3.05) is 12.0 Å². The van der Waals surface area contributed by atoms with Gasteiger partial charge in [-0.25, -0.2) is 9.78 Å². The quantitative estimate of drug-likeness (QED) is 0.0768. The predicted octanol–water partition coefficient (Wildman–Crippen LogP) is 7.09. The van der Waals surface area contributed by atoms with Crippen LogP contribution in [0.4, 0.5) is 10.8 Å². The number of nitrogens with one attached hydrogen (secondary N) is 1. The molecule has 9 nitrogen and oxygen atoms in total. The van der Waals surface area contributed by atoms with Crippen LogP contribution < -0.4 is 14.9 Å². The number of ether oxygens (including phenoxy) is 2. The van der Waals surface area contributed by atoms with Gasteiger partial charge in [0.05, 0.1) is 34.0 Å². The SMILES string of the molecule is CCOc1cc(C=NNc2nc(-c3ccc(Cl)cc3Cl)cs2)ccc1OC(=O)c1cccc([N+](=O)[O-])c1. The van der Waals surface area contributed by atoms with Crippen molar-refractivity contribution >= 4 is 57.5 Å². The number of anilines is 1. The molecule has 37 heavy (non-hydrogen) atoms. The molecule has 188 valence electrons. The van der Waals surface area contributed by atoms with E-state index in [0.717, 1.165) is 11.6 Å². The van der Waals surface area contributed by atoms with Crippen LogP contribution in [0.1, 0.15) is 22.8 Å². The second kappa shape index (κ2) is 11.8. The number of benzene rings is 3. The van der Waals surface area contributed by atoms with Crippen molar-refractivity contribution in [2.24, 2.45) is 5.10 Å².